The maximum absolute atomic E-state index is 9.00. The first-order valence-electron chi connectivity index (χ1n) is 7.26. The lowest BCUT2D eigenvalue weighted by Crippen LogP contribution is -2.55. The highest BCUT2D eigenvalue weighted by atomic mass is 16.4. The fourth-order valence-electron chi connectivity index (χ4n) is 2.36. The van der Waals surface area contributed by atoms with E-state index in [1.807, 2.05) is 0 Å². The summed E-state index contributed by atoms with van der Waals surface area (Å²) in [7, 11) is 0. The molecule has 2 saturated carbocycles. The molecule has 3 fully saturated rings. The Labute approximate surface area is 119 Å². The van der Waals surface area contributed by atoms with Gasteiger partial charge in [0, 0.05) is 39.0 Å². The smallest absolute Gasteiger partial charge is 0.300 e. The van der Waals surface area contributed by atoms with Gasteiger partial charge in [-0.3, -0.25) is 9.59 Å². The van der Waals surface area contributed by atoms with Crippen LogP contribution in [0.4, 0.5) is 0 Å². The van der Waals surface area contributed by atoms with Gasteiger partial charge in [-0.2, -0.15) is 0 Å². The zero-order valence-electron chi connectivity index (χ0n) is 12.3. The predicted molar refractivity (Wildman–Crippen MR) is 75.6 cm³/mol. The van der Waals surface area contributed by atoms with Gasteiger partial charge >= 0.3 is 0 Å². The number of piperazine rings is 1. The van der Waals surface area contributed by atoms with Gasteiger partial charge in [0.05, 0.1) is 0 Å². The second kappa shape index (κ2) is 8.21. The summed E-state index contributed by atoms with van der Waals surface area (Å²) in [6.07, 6.45) is 5.86. The summed E-state index contributed by atoms with van der Waals surface area (Å²) in [5, 5.41) is 22.2. The molecule has 0 spiro atoms. The van der Waals surface area contributed by atoms with E-state index in [0.29, 0.717) is 0 Å². The molecule has 3 rings (SSSR count). The zero-order chi connectivity index (χ0) is 15.1. The molecule has 0 amide bonds. The first kappa shape index (κ1) is 16.9. The summed E-state index contributed by atoms with van der Waals surface area (Å²) < 4.78 is 0. The van der Waals surface area contributed by atoms with Crippen molar-refractivity contribution in [2.45, 2.75) is 51.6 Å². The fraction of sp³-hybridized carbons (Fsp3) is 0.857. The topological polar surface area (TPSA) is 98.7 Å². The number of carbonyl (C=O) groups is 2. The Morgan fingerprint density at radius 2 is 1.05 bits per heavy atom. The molecule has 0 radical (unpaired) electrons. The monoisotopic (exact) mass is 286 g/mol. The van der Waals surface area contributed by atoms with Crippen molar-refractivity contribution in [3.8, 4) is 0 Å². The summed E-state index contributed by atoms with van der Waals surface area (Å²) in [6, 6.07) is 1.61. The Morgan fingerprint density at radius 3 is 1.20 bits per heavy atom. The molecule has 4 N–H and O–H groups in total. The molecule has 3 aliphatic rings. The molecule has 6 nitrogen and oxygen atoms in total. The van der Waals surface area contributed by atoms with Crippen LogP contribution in [0, 0.1) is 11.8 Å². The van der Waals surface area contributed by atoms with Gasteiger partial charge in [0.25, 0.3) is 11.9 Å². The molecule has 20 heavy (non-hydrogen) atoms. The van der Waals surface area contributed by atoms with Gasteiger partial charge < -0.3 is 20.8 Å². The third-order valence-electron chi connectivity index (χ3n) is 3.58. The number of rotatable bonds is 2. The van der Waals surface area contributed by atoms with Crippen LogP contribution in [0.5, 0.6) is 0 Å². The quantitative estimate of drug-likeness (QED) is 0.602. The van der Waals surface area contributed by atoms with E-state index in [1.54, 1.807) is 0 Å². The Kier molecular flexibility index (Phi) is 6.95. The first-order valence-corrected chi connectivity index (χ1v) is 7.26. The first-order chi connectivity index (χ1) is 9.40. The number of hydrogen-bond acceptors (Lipinski definition) is 4. The molecule has 116 valence electrons. The van der Waals surface area contributed by atoms with Crippen molar-refractivity contribution < 1.29 is 19.8 Å². The molecule has 0 bridgehead atoms. The Balaban J connectivity index is 0.000000212. The van der Waals surface area contributed by atoms with Crippen LogP contribution in [0.25, 0.3) is 0 Å². The van der Waals surface area contributed by atoms with E-state index in [1.165, 1.54) is 38.8 Å². The maximum Gasteiger partial charge on any atom is 0.300 e. The minimum absolute atomic E-state index is 0.806. The van der Waals surface area contributed by atoms with Crippen molar-refractivity contribution in [2.75, 3.05) is 13.1 Å². The van der Waals surface area contributed by atoms with Gasteiger partial charge in [-0.15, -0.1) is 0 Å². The predicted octanol–water partition coefficient (Wildman–Crippen LogP) is 0.918. The molecule has 6 heteroatoms. The molecular weight excluding hydrogens is 260 g/mol. The van der Waals surface area contributed by atoms with E-state index in [2.05, 4.69) is 10.6 Å². The third-order valence-corrected chi connectivity index (χ3v) is 3.58. The summed E-state index contributed by atoms with van der Waals surface area (Å²) in [5.74, 6) is 0.357. The van der Waals surface area contributed by atoms with Crippen molar-refractivity contribution in [2.24, 2.45) is 11.8 Å². The van der Waals surface area contributed by atoms with E-state index in [0.717, 1.165) is 37.8 Å². The highest BCUT2D eigenvalue weighted by Gasteiger charge is 2.38. The summed E-state index contributed by atoms with van der Waals surface area (Å²) >= 11 is 0. The fourth-order valence-corrected chi connectivity index (χ4v) is 2.36. The van der Waals surface area contributed by atoms with Gasteiger partial charge in [0.2, 0.25) is 0 Å². The van der Waals surface area contributed by atoms with E-state index in [-0.39, 0.29) is 0 Å². The maximum atomic E-state index is 9.00. The Bertz CT molecular complexity index is 279. The van der Waals surface area contributed by atoms with Crippen molar-refractivity contribution >= 4 is 11.9 Å². The Morgan fingerprint density at radius 1 is 0.800 bits per heavy atom. The second-order valence-electron chi connectivity index (χ2n) is 5.74. The number of nitrogens with one attached hydrogen (secondary N) is 2. The average molecular weight is 286 g/mol. The summed E-state index contributed by atoms with van der Waals surface area (Å²) in [4.78, 5) is 18.0. The molecule has 0 aromatic heterocycles. The van der Waals surface area contributed by atoms with Crippen LogP contribution in [-0.2, 0) is 9.59 Å². The number of carboxylic acids is 2. The summed E-state index contributed by atoms with van der Waals surface area (Å²) in [6.45, 7) is 4.62. The van der Waals surface area contributed by atoms with Crippen LogP contribution < -0.4 is 10.6 Å². The summed E-state index contributed by atoms with van der Waals surface area (Å²) in [5.41, 5.74) is 0. The van der Waals surface area contributed by atoms with Crippen molar-refractivity contribution in [3.63, 3.8) is 0 Å². The van der Waals surface area contributed by atoms with E-state index in [4.69, 9.17) is 19.8 Å². The Hall–Kier alpha value is -1.14. The van der Waals surface area contributed by atoms with Gasteiger partial charge in [-0.1, -0.05) is 0 Å². The van der Waals surface area contributed by atoms with Gasteiger partial charge in [-0.25, -0.2) is 0 Å². The van der Waals surface area contributed by atoms with Crippen LogP contribution in [0.2, 0.25) is 0 Å². The van der Waals surface area contributed by atoms with Crippen LogP contribution in [0.1, 0.15) is 39.5 Å². The largest absolute Gasteiger partial charge is 0.481 e. The SMILES string of the molecule is C1CC1C1CNC(C2CC2)CN1.CC(=O)O.CC(=O)O. The molecule has 2 aliphatic carbocycles. The minimum atomic E-state index is -0.833. The molecule has 1 heterocycles. The van der Waals surface area contributed by atoms with E-state index in [9.17, 15) is 0 Å². The third kappa shape index (κ3) is 8.12. The van der Waals surface area contributed by atoms with Gasteiger partial charge in [0.15, 0.2) is 0 Å². The minimum Gasteiger partial charge on any atom is -0.481 e. The lowest BCUT2D eigenvalue weighted by molar-refractivity contribution is -0.135. The van der Waals surface area contributed by atoms with Gasteiger partial charge in [0.1, 0.15) is 0 Å². The number of aliphatic carboxylic acids is 2. The molecule has 0 aromatic carbocycles. The van der Waals surface area contributed by atoms with Crippen molar-refractivity contribution in [1.82, 2.24) is 10.6 Å². The molecule has 2 unspecified atom stereocenters. The molecule has 1 aliphatic heterocycles. The lowest BCUT2D eigenvalue weighted by Gasteiger charge is -2.31. The lowest BCUT2D eigenvalue weighted by atomic mass is 10.1. The van der Waals surface area contributed by atoms with Crippen molar-refractivity contribution in [1.29, 1.82) is 0 Å². The molecule has 2 atom stereocenters. The standard InChI is InChI=1S/C10H18N2.2C2H4O2/c1-2-7(1)9-5-12-10(6-11-9)8-3-4-8;2*1-2(3)4/h7-12H,1-6H2;2*1H3,(H,3,4). The number of carboxylic acid groups (broad SMARTS) is 2. The average Bonchev–Trinajstić information content (AvgIpc) is 3.20. The molecule has 1 saturated heterocycles. The van der Waals surface area contributed by atoms with E-state index >= 15 is 0 Å². The van der Waals surface area contributed by atoms with Crippen LogP contribution in [0.15, 0.2) is 0 Å². The van der Waals surface area contributed by atoms with Crippen LogP contribution >= 0.6 is 0 Å². The second-order valence-corrected chi connectivity index (χ2v) is 5.74. The van der Waals surface area contributed by atoms with Crippen LogP contribution in [0.3, 0.4) is 0 Å². The molecule has 0 aromatic rings. The number of hydrogen-bond donors (Lipinski definition) is 4. The van der Waals surface area contributed by atoms with E-state index < -0.39 is 11.9 Å². The zero-order valence-corrected chi connectivity index (χ0v) is 12.3. The highest BCUT2D eigenvalue weighted by molar-refractivity contribution is 5.63. The van der Waals surface area contributed by atoms with Crippen LogP contribution in [-0.4, -0.2) is 47.3 Å². The normalized spacial score (nSPS) is 28.3. The molecular formula is C14H26N2O4. The van der Waals surface area contributed by atoms with Gasteiger partial charge in [-0.05, 0) is 37.5 Å². The van der Waals surface area contributed by atoms with Crippen molar-refractivity contribution in [3.05, 3.63) is 0 Å². The highest BCUT2D eigenvalue weighted by Crippen LogP contribution is 2.36.